The molecule has 1 aromatic carbocycles. The standard InChI is InChI=1S/C14H24N2O4S/c1-14(2,3)8-10(17)9-16-21(18,19)11-5-6-12(15)13(7-11)20-4/h5-7,10,16-17H,8-9,15H2,1-4H3. The lowest BCUT2D eigenvalue weighted by molar-refractivity contribution is 0.125. The molecule has 0 amide bonds. The van der Waals surface area contributed by atoms with Crippen LogP contribution in [0.5, 0.6) is 5.75 Å². The Hall–Kier alpha value is -1.31. The van der Waals surface area contributed by atoms with E-state index < -0.39 is 16.1 Å². The fraction of sp³-hybridized carbons (Fsp3) is 0.571. The molecule has 0 bridgehead atoms. The van der Waals surface area contributed by atoms with Crippen molar-refractivity contribution in [1.29, 1.82) is 0 Å². The van der Waals surface area contributed by atoms with Crippen LogP contribution in [0, 0.1) is 5.41 Å². The largest absolute Gasteiger partial charge is 0.495 e. The summed E-state index contributed by atoms with van der Waals surface area (Å²) in [4.78, 5) is 0.0523. The number of rotatable bonds is 6. The van der Waals surface area contributed by atoms with E-state index in [1.807, 2.05) is 20.8 Å². The molecule has 0 aromatic heterocycles. The molecule has 120 valence electrons. The Morgan fingerprint density at radius 3 is 2.52 bits per heavy atom. The molecule has 1 aromatic rings. The minimum absolute atomic E-state index is 0.0354. The van der Waals surface area contributed by atoms with Gasteiger partial charge in [0.15, 0.2) is 0 Å². The normalized spacial score (nSPS) is 14.0. The second-order valence-electron chi connectivity index (χ2n) is 6.17. The van der Waals surface area contributed by atoms with E-state index in [0.29, 0.717) is 17.9 Å². The van der Waals surface area contributed by atoms with Gasteiger partial charge in [0, 0.05) is 12.6 Å². The van der Waals surface area contributed by atoms with Gasteiger partial charge in [0.1, 0.15) is 5.75 Å². The van der Waals surface area contributed by atoms with Gasteiger partial charge in [-0.2, -0.15) is 0 Å². The minimum atomic E-state index is -3.71. The fourth-order valence-electron chi connectivity index (χ4n) is 1.93. The molecular formula is C14H24N2O4S. The minimum Gasteiger partial charge on any atom is -0.495 e. The van der Waals surface area contributed by atoms with E-state index in [1.165, 1.54) is 25.3 Å². The number of ether oxygens (including phenoxy) is 1. The molecule has 0 saturated heterocycles. The van der Waals surface area contributed by atoms with Gasteiger partial charge in [-0.1, -0.05) is 20.8 Å². The number of aliphatic hydroxyl groups excluding tert-OH is 1. The van der Waals surface area contributed by atoms with E-state index in [-0.39, 0.29) is 16.9 Å². The summed E-state index contributed by atoms with van der Waals surface area (Å²) in [5.74, 6) is 0.299. The van der Waals surface area contributed by atoms with Gasteiger partial charge >= 0.3 is 0 Å². The fourth-order valence-corrected chi connectivity index (χ4v) is 3.01. The average molecular weight is 316 g/mol. The highest BCUT2D eigenvalue weighted by molar-refractivity contribution is 7.89. The lowest BCUT2D eigenvalue weighted by Gasteiger charge is -2.22. The molecule has 1 unspecified atom stereocenters. The molecule has 0 spiro atoms. The first-order chi connectivity index (χ1) is 9.55. The number of anilines is 1. The van der Waals surface area contributed by atoms with Crippen molar-refractivity contribution in [2.75, 3.05) is 19.4 Å². The summed E-state index contributed by atoms with van der Waals surface area (Å²) < 4.78 is 31.7. The molecule has 1 rings (SSSR count). The predicted octanol–water partition coefficient (Wildman–Crippen LogP) is 1.35. The zero-order valence-corrected chi connectivity index (χ0v) is 13.7. The molecule has 7 heteroatoms. The summed E-state index contributed by atoms with van der Waals surface area (Å²) in [5.41, 5.74) is 5.95. The third-order valence-electron chi connectivity index (χ3n) is 2.87. The van der Waals surface area contributed by atoms with Crippen molar-refractivity contribution in [3.8, 4) is 5.75 Å². The van der Waals surface area contributed by atoms with E-state index in [0.717, 1.165) is 0 Å². The first-order valence-electron chi connectivity index (χ1n) is 6.66. The quantitative estimate of drug-likeness (QED) is 0.688. The Morgan fingerprint density at radius 1 is 1.38 bits per heavy atom. The van der Waals surface area contributed by atoms with E-state index >= 15 is 0 Å². The first kappa shape index (κ1) is 17.7. The maximum Gasteiger partial charge on any atom is 0.240 e. The highest BCUT2D eigenvalue weighted by Crippen LogP contribution is 2.25. The Morgan fingerprint density at radius 2 is 2.00 bits per heavy atom. The van der Waals surface area contributed by atoms with Crippen molar-refractivity contribution >= 4 is 15.7 Å². The molecule has 0 aliphatic carbocycles. The summed E-state index contributed by atoms with van der Waals surface area (Å²) in [7, 11) is -2.29. The van der Waals surface area contributed by atoms with Crippen molar-refractivity contribution < 1.29 is 18.3 Å². The summed E-state index contributed by atoms with van der Waals surface area (Å²) in [6, 6.07) is 4.23. The number of nitrogens with two attached hydrogens (primary N) is 1. The second kappa shape index (κ2) is 6.64. The van der Waals surface area contributed by atoms with Crippen LogP contribution in [0.4, 0.5) is 5.69 Å². The molecule has 0 radical (unpaired) electrons. The third-order valence-corrected chi connectivity index (χ3v) is 4.29. The monoisotopic (exact) mass is 316 g/mol. The van der Waals surface area contributed by atoms with Gasteiger partial charge in [-0.25, -0.2) is 13.1 Å². The molecule has 21 heavy (non-hydrogen) atoms. The van der Waals surface area contributed by atoms with Crippen molar-refractivity contribution in [2.24, 2.45) is 5.41 Å². The zero-order valence-electron chi connectivity index (χ0n) is 12.9. The Kier molecular flexibility index (Phi) is 5.61. The van der Waals surface area contributed by atoms with Crippen molar-refractivity contribution in [1.82, 2.24) is 4.72 Å². The number of sulfonamides is 1. The van der Waals surface area contributed by atoms with Crippen LogP contribution >= 0.6 is 0 Å². The van der Waals surface area contributed by atoms with Crippen LogP contribution in [0.15, 0.2) is 23.1 Å². The molecule has 0 aliphatic rings. The smallest absolute Gasteiger partial charge is 0.240 e. The van der Waals surface area contributed by atoms with Gasteiger partial charge in [0.25, 0.3) is 0 Å². The van der Waals surface area contributed by atoms with Crippen LogP contribution in [0.25, 0.3) is 0 Å². The number of hydrogen-bond acceptors (Lipinski definition) is 5. The average Bonchev–Trinajstić information content (AvgIpc) is 2.35. The topological polar surface area (TPSA) is 102 Å². The van der Waals surface area contributed by atoms with Gasteiger partial charge < -0.3 is 15.6 Å². The van der Waals surface area contributed by atoms with Gasteiger partial charge in [0.2, 0.25) is 10.0 Å². The van der Waals surface area contributed by atoms with Crippen LogP contribution in [0.1, 0.15) is 27.2 Å². The molecule has 1 atom stereocenters. The van der Waals surface area contributed by atoms with Gasteiger partial charge in [-0.15, -0.1) is 0 Å². The third kappa shape index (κ3) is 5.53. The number of nitrogens with one attached hydrogen (secondary N) is 1. The number of nitrogen functional groups attached to an aromatic ring is 1. The van der Waals surface area contributed by atoms with Crippen molar-refractivity contribution in [2.45, 2.75) is 38.2 Å². The molecule has 0 fully saturated rings. The maximum absolute atomic E-state index is 12.2. The molecular weight excluding hydrogens is 292 g/mol. The summed E-state index contributed by atoms with van der Waals surface area (Å²) in [6.45, 7) is 5.91. The van der Waals surface area contributed by atoms with Crippen LogP contribution in [0.3, 0.4) is 0 Å². The Bertz CT molecular complexity index is 579. The highest BCUT2D eigenvalue weighted by atomic mass is 32.2. The van der Waals surface area contributed by atoms with E-state index in [9.17, 15) is 13.5 Å². The zero-order chi connectivity index (χ0) is 16.3. The Balaban J connectivity index is 2.78. The van der Waals surface area contributed by atoms with Crippen LogP contribution in [-0.2, 0) is 10.0 Å². The van der Waals surface area contributed by atoms with Gasteiger partial charge in [-0.3, -0.25) is 0 Å². The first-order valence-corrected chi connectivity index (χ1v) is 8.15. The summed E-state index contributed by atoms with van der Waals surface area (Å²) in [6.07, 6.45) is -0.240. The molecule has 0 heterocycles. The lowest BCUT2D eigenvalue weighted by atomic mass is 9.89. The van der Waals surface area contributed by atoms with E-state index in [1.54, 1.807) is 0 Å². The number of benzene rings is 1. The molecule has 4 N–H and O–H groups in total. The van der Waals surface area contributed by atoms with Crippen molar-refractivity contribution in [3.05, 3.63) is 18.2 Å². The Labute approximate surface area is 126 Å². The van der Waals surface area contributed by atoms with Crippen LogP contribution in [-0.4, -0.2) is 33.3 Å². The van der Waals surface area contributed by atoms with Crippen LogP contribution in [0.2, 0.25) is 0 Å². The number of hydrogen-bond donors (Lipinski definition) is 3. The number of methoxy groups -OCH3 is 1. The number of aliphatic hydroxyl groups is 1. The lowest BCUT2D eigenvalue weighted by Crippen LogP contribution is -2.34. The molecule has 6 nitrogen and oxygen atoms in total. The van der Waals surface area contributed by atoms with Crippen molar-refractivity contribution in [3.63, 3.8) is 0 Å². The summed E-state index contributed by atoms with van der Waals surface area (Å²) in [5, 5.41) is 9.87. The van der Waals surface area contributed by atoms with E-state index in [2.05, 4.69) is 4.72 Å². The highest BCUT2D eigenvalue weighted by Gasteiger charge is 2.20. The van der Waals surface area contributed by atoms with E-state index in [4.69, 9.17) is 10.5 Å². The maximum atomic E-state index is 12.2. The predicted molar refractivity (Wildman–Crippen MR) is 82.7 cm³/mol. The van der Waals surface area contributed by atoms with Gasteiger partial charge in [-0.05, 0) is 24.0 Å². The van der Waals surface area contributed by atoms with Gasteiger partial charge in [0.05, 0.1) is 23.8 Å². The van der Waals surface area contributed by atoms with Crippen LogP contribution < -0.4 is 15.2 Å². The SMILES string of the molecule is COc1cc(S(=O)(=O)NCC(O)CC(C)(C)C)ccc1N. The summed E-state index contributed by atoms with van der Waals surface area (Å²) >= 11 is 0. The second-order valence-corrected chi connectivity index (χ2v) is 7.94. The molecule has 0 aliphatic heterocycles. The molecule has 0 saturated carbocycles.